The molecule has 0 fully saturated rings. The molecule has 0 aliphatic carbocycles. The van der Waals surface area contributed by atoms with Crippen molar-refractivity contribution < 1.29 is 9.90 Å². The lowest BCUT2D eigenvalue weighted by Gasteiger charge is -2.03. The summed E-state index contributed by atoms with van der Waals surface area (Å²) < 4.78 is 1.44. The second-order valence-electron chi connectivity index (χ2n) is 3.60. The van der Waals surface area contributed by atoms with Gasteiger partial charge in [0.05, 0.1) is 5.69 Å². The summed E-state index contributed by atoms with van der Waals surface area (Å²) in [5.41, 5.74) is 1.98. The van der Waals surface area contributed by atoms with Crippen LogP contribution in [0.15, 0.2) is 24.3 Å². The van der Waals surface area contributed by atoms with E-state index in [-0.39, 0.29) is 6.42 Å². The molecule has 1 N–H and O–H groups in total. The molecule has 0 radical (unpaired) electrons. The topological polar surface area (TPSA) is 80.9 Å². The number of aliphatic carboxylic acids is 1. The lowest BCUT2D eigenvalue weighted by atomic mass is 10.1. The van der Waals surface area contributed by atoms with Gasteiger partial charge < -0.3 is 5.11 Å². The molecule has 0 saturated heterocycles. The van der Waals surface area contributed by atoms with Crippen LogP contribution >= 0.6 is 0 Å². The van der Waals surface area contributed by atoms with E-state index in [1.807, 2.05) is 24.3 Å². The van der Waals surface area contributed by atoms with Crippen LogP contribution in [0.4, 0.5) is 0 Å². The lowest BCUT2D eigenvalue weighted by Crippen LogP contribution is -2.09. The maximum Gasteiger partial charge on any atom is 0.311 e. The van der Waals surface area contributed by atoms with E-state index in [2.05, 4.69) is 22.4 Å². The Morgan fingerprint density at radius 1 is 1.35 bits per heavy atom. The number of aromatic nitrogens is 4. The van der Waals surface area contributed by atoms with Gasteiger partial charge in [-0.15, -0.1) is 5.10 Å². The highest BCUT2D eigenvalue weighted by Crippen LogP contribution is 2.10. The second kappa shape index (κ2) is 4.73. The number of carboxylic acid groups (broad SMARTS) is 1. The van der Waals surface area contributed by atoms with Gasteiger partial charge in [0.25, 0.3) is 0 Å². The second-order valence-corrected chi connectivity index (χ2v) is 3.60. The number of rotatable bonds is 4. The van der Waals surface area contributed by atoms with Crippen LogP contribution in [0, 0.1) is 0 Å². The van der Waals surface area contributed by atoms with Gasteiger partial charge in [0.1, 0.15) is 6.42 Å². The molecule has 1 aromatic heterocycles. The third-order valence-electron chi connectivity index (χ3n) is 2.43. The summed E-state index contributed by atoms with van der Waals surface area (Å²) in [6.07, 6.45) is 0.764. The number of hydrogen-bond donors (Lipinski definition) is 1. The maximum absolute atomic E-state index is 10.6. The van der Waals surface area contributed by atoms with Gasteiger partial charge in [-0.3, -0.25) is 4.79 Å². The van der Waals surface area contributed by atoms with Gasteiger partial charge in [-0.1, -0.05) is 19.1 Å². The van der Waals surface area contributed by atoms with Crippen LogP contribution in [0.3, 0.4) is 0 Å². The van der Waals surface area contributed by atoms with Crippen molar-refractivity contribution in [3.63, 3.8) is 0 Å². The molecule has 0 atom stereocenters. The van der Waals surface area contributed by atoms with E-state index in [0.29, 0.717) is 5.82 Å². The zero-order chi connectivity index (χ0) is 12.3. The third kappa shape index (κ3) is 2.47. The van der Waals surface area contributed by atoms with E-state index in [4.69, 9.17) is 5.11 Å². The number of nitrogens with zero attached hydrogens (tertiary/aromatic N) is 4. The molecule has 0 bridgehead atoms. The molecule has 6 heteroatoms. The predicted octanol–water partition coefficient (Wildman–Crippen LogP) is 0.852. The average molecular weight is 232 g/mol. The molecule has 6 nitrogen and oxygen atoms in total. The standard InChI is InChI=1S/C11H12N4O2/c1-2-8-3-5-9(6-4-8)15-10(7-11(16)17)12-13-14-15/h3-6H,2,7H2,1H3,(H,16,17). The Balaban J connectivity index is 2.32. The molecule has 17 heavy (non-hydrogen) atoms. The fourth-order valence-electron chi connectivity index (χ4n) is 1.52. The Labute approximate surface area is 97.9 Å². The van der Waals surface area contributed by atoms with E-state index in [1.165, 1.54) is 10.2 Å². The predicted molar refractivity (Wildman–Crippen MR) is 59.9 cm³/mol. The van der Waals surface area contributed by atoms with Crippen LogP contribution in [0.2, 0.25) is 0 Å². The fourth-order valence-corrected chi connectivity index (χ4v) is 1.52. The number of benzene rings is 1. The van der Waals surface area contributed by atoms with Gasteiger partial charge in [-0.25, -0.2) is 0 Å². The smallest absolute Gasteiger partial charge is 0.311 e. The van der Waals surface area contributed by atoms with Crippen molar-refractivity contribution in [1.82, 2.24) is 20.2 Å². The quantitative estimate of drug-likeness (QED) is 0.845. The largest absolute Gasteiger partial charge is 0.481 e. The average Bonchev–Trinajstić information content (AvgIpc) is 2.76. The highest BCUT2D eigenvalue weighted by Gasteiger charge is 2.11. The monoisotopic (exact) mass is 232 g/mol. The highest BCUT2D eigenvalue weighted by atomic mass is 16.4. The van der Waals surface area contributed by atoms with E-state index >= 15 is 0 Å². The van der Waals surface area contributed by atoms with Gasteiger partial charge in [-0.2, -0.15) is 4.68 Å². The Bertz CT molecular complexity index is 519. The molecular weight excluding hydrogens is 220 g/mol. The molecule has 0 aliphatic rings. The van der Waals surface area contributed by atoms with E-state index in [1.54, 1.807) is 0 Å². The number of tetrazole rings is 1. The van der Waals surface area contributed by atoms with Crippen LogP contribution in [-0.4, -0.2) is 31.3 Å². The van der Waals surface area contributed by atoms with Crippen LogP contribution < -0.4 is 0 Å². The van der Waals surface area contributed by atoms with Crippen molar-refractivity contribution in [3.05, 3.63) is 35.7 Å². The summed E-state index contributed by atoms with van der Waals surface area (Å²) in [4.78, 5) is 10.6. The minimum absolute atomic E-state index is 0.192. The summed E-state index contributed by atoms with van der Waals surface area (Å²) in [6.45, 7) is 2.07. The van der Waals surface area contributed by atoms with E-state index in [9.17, 15) is 4.79 Å². The molecule has 0 aliphatic heterocycles. The molecule has 88 valence electrons. The number of carbonyl (C=O) groups is 1. The third-order valence-corrected chi connectivity index (χ3v) is 2.43. The first-order valence-corrected chi connectivity index (χ1v) is 5.29. The minimum Gasteiger partial charge on any atom is -0.481 e. The summed E-state index contributed by atoms with van der Waals surface area (Å²) >= 11 is 0. The molecule has 1 aromatic carbocycles. The minimum atomic E-state index is -0.953. The maximum atomic E-state index is 10.6. The van der Waals surface area contributed by atoms with Crippen molar-refractivity contribution in [2.24, 2.45) is 0 Å². The number of carboxylic acids is 1. The van der Waals surface area contributed by atoms with E-state index < -0.39 is 5.97 Å². The van der Waals surface area contributed by atoms with Gasteiger partial charge in [-0.05, 0) is 34.5 Å². The van der Waals surface area contributed by atoms with Crippen molar-refractivity contribution in [1.29, 1.82) is 0 Å². The van der Waals surface area contributed by atoms with Crippen molar-refractivity contribution in [2.45, 2.75) is 19.8 Å². The van der Waals surface area contributed by atoms with Gasteiger partial charge in [0.15, 0.2) is 5.82 Å². The molecule has 1 heterocycles. The first-order chi connectivity index (χ1) is 8.20. The fraction of sp³-hybridized carbons (Fsp3) is 0.273. The molecule has 2 rings (SSSR count). The Kier molecular flexibility index (Phi) is 3.13. The lowest BCUT2D eigenvalue weighted by molar-refractivity contribution is -0.136. The molecule has 2 aromatic rings. The summed E-state index contributed by atoms with van der Waals surface area (Å²) in [5.74, 6) is -0.632. The summed E-state index contributed by atoms with van der Waals surface area (Å²) in [5, 5.41) is 19.7. The van der Waals surface area contributed by atoms with Crippen LogP contribution in [0.5, 0.6) is 0 Å². The SMILES string of the molecule is CCc1ccc(-n2nnnc2CC(=O)O)cc1. The molecule has 0 spiro atoms. The first kappa shape index (κ1) is 11.3. The molecule has 0 unspecified atom stereocenters. The Morgan fingerprint density at radius 3 is 2.65 bits per heavy atom. The number of hydrogen-bond acceptors (Lipinski definition) is 4. The van der Waals surface area contributed by atoms with Gasteiger partial charge >= 0.3 is 5.97 Å². The zero-order valence-corrected chi connectivity index (χ0v) is 9.37. The molecular formula is C11H12N4O2. The molecule has 0 saturated carbocycles. The highest BCUT2D eigenvalue weighted by molar-refractivity contribution is 5.69. The van der Waals surface area contributed by atoms with Crippen LogP contribution in [0.25, 0.3) is 5.69 Å². The van der Waals surface area contributed by atoms with Gasteiger partial charge in [0, 0.05) is 0 Å². The van der Waals surface area contributed by atoms with Crippen molar-refractivity contribution in [2.75, 3.05) is 0 Å². The Morgan fingerprint density at radius 2 is 2.06 bits per heavy atom. The van der Waals surface area contributed by atoms with Crippen LogP contribution in [-0.2, 0) is 17.6 Å². The van der Waals surface area contributed by atoms with Crippen LogP contribution in [0.1, 0.15) is 18.3 Å². The normalized spacial score (nSPS) is 10.4. The van der Waals surface area contributed by atoms with E-state index in [0.717, 1.165) is 12.1 Å². The first-order valence-electron chi connectivity index (χ1n) is 5.29. The van der Waals surface area contributed by atoms with Gasteiger partial charge in [0.2, 0.25) is 0 Å². The van der Waals surface area contributed by atoms with Crippen molar-refractivity contribution in [3.8, 4) is 5.69 Å². The zero-order valence-electron chi connectivity index (χ0n) is 9.37. The summed E-state index contributed by atoms with van der Waals surface area (Å²) in [7, 11) is 0. The molecule has 0 amide bonds. The Hall–Kier alpha value is -2.24. The number of aryl methyl sites for hydroxylation is 1. The summed E-state index contributed by atoms with van der Waals surface area (Å²) in [6, 6.07) is 7.70. The van der Waals surface area contributed by atoms with Crippen molar-refractivity contribution >= 4 is 5.97 Å².